The topological polar surface area (TPSA) is 99.1 Å². The zero-order valence-electron chi connectivity index (χ0n) is 9.33. The molecule has 0 aromatic heterocycles. The lowest BCUT2D eigenvalue weighted by Crippen LogP contribution is -2.53. The van der Waals surface area contributed by atoms with Crippen LogP contribution in [0.1, 0.15) is 6.42 Å². The van der Waals surface area contributed by atoms with E-state index in [0.29, 0.717) is 19.5 Å². The molecule has 0 aromatic carbocycles. The van der Waals surface area contributed by atoms with Crippen molar-refractivity contribution in [3.63, 3.8) is 0 Å². The van der Waals surface area contributed by atoms with E-state index in [4.69, 9.17) is 9.84 Å². The molecule has 96 valence electrons. The van der Waals surface area contributed by atoms with E-state index in [0.717, 1.165) is 0 Å². The van der Waals surface area contributed by atoms with Gasteiger partial charge in [-0.3, -0.25) is 4.79 Å². The van der Waals surface area contributed by atoms with Gasteiger partial charge in [-0.2, -0.15) is 0 Å². The number of morpholine rings is 1. The van der Waals surface area contributed by atoms with Crippen LogP contribution >= 0.6 is 0 Å². The van der Waals surface area contributed by atoms with E-state index in [1.165, 1.54) is 4.90 Å². The number of aliphatic carboxylic acids is 1. The molecule has 7 heteroatoms. The molecule has 0 aliphatic carbocycles. The van der Waals surface area contributed by atoms with Gasteiger partial charge in [0.1, 0.15) is 0 Å². The highest BCUT2D eigenvalue weighted by Crippen LogP contribution is 2.13. The summed E-state index contributed by atoms with van der Waals surface area (Å²) in [5.41, 5.74) is 0. The first-order valence-corrected chi connectivity index (χ1v) is 5.62. The molecule has 0 saturated carbocycles. The molecule has 0 spiro atoms. The van der Waals surface area contributed by atoms with Gasteiger partial charge in [-0.15, -0.1) is 0 Å². The Bertz CT molecular complexity index is 322. The van der Waals surface area contributed by atoms with Crippen LogP contribution in [-0.2, 0) is 14.3 Å². The Kier molecular flexibility index (Phi) is 3.60. The minimum atomic E-state index is -1.05. The fraction of sp³-hybridized carbons (Fsp3) is 0.800. The number of amides is 1. The molecular formula is C10H16N2O5. The third-order valence-corrected chi connectivity index (χ3v) is 3.06. The van der Waals surface area contributed by atoms with Gasteiger partial charge in [0.25, 0.3) is 0 Å². The van der Waals surface area contributed by atoms with E-state index < -0.39 is 24.2 Å². The van der Waals surface area contributed by atoms with Crippen molar-refractivity contribution in [3.05, 3.63) is 0 Å². The number of carbonyl (C=O) groups is 2. The van der Waals surface area contributed by atoms with Crippen LogP contribution in [0.4, 0.5) is 0 Å². The van der Waals surface area contributed by atoms with Gasteiger partial charge in [0.05, 0.1) is 25.3 Å². The smallest absolute Gasteiger partial charge is 0.334 e. The van der Waals surface area contributed by atoms with Gasteiger partial charge >= 0.3 is 5.97 Å². The minimum absolute atomic E-state index is 0.0719. The number of nitrogens with one attached hydrogen (secondary N) is 1. The van der Waals surface area contributed by atoms with E-state index in [-0.39, 0.29) is 19.1 Å². The maximum atomic E-state index is 12.0. The van der Waals surface area contributed by atoms with Gasteiger partial charge in [0, 0.05) is 13.1 Å². The lowest BCUT2D eigenvalue weighted by Gasteiger charge is -2.32. The van der Waals surface area contributed by atoms with Gasteiger partial charge in [0.2, 0.25) is 5.91 Å². The predicted octanol–water partition coefficient (Wildman–Crippen LogP) is -1.98. The Balaban J connectivity index is 1.93. The number of aliphatic hydroxyl groups excluding tert-OH is 1. The largest absolute Gasteiger partial charge is 0.479 e. The first-order chi connectivity index (χ1) is 8.08. The van der Waals surface area contributed by atoms with Gasteiger partial charge < -0.3 is 25.2 Å². The van der Waals surface area contributed by atoms with Gasteiger partial charge in [-0.1, -0.05) is 0 Å². The second-order valence-corrected chi connectivity index (χ2v) is 4.33. The number of rotatable bonds is 2. The average molecular weight is 244 g/mol. The third kappa shape index (κ3) is 2.74. The van der Waals surface area contributed by atoms with Crippen molar-refractivity contribution >= 4 is 11.9 Å². The Labute approximate surface area is 98.3 Å². The van der Waals surface area contributed by atoms with Gasteiger partial charge in [-0.25, -0.2) is 4.79 Å². The molecule has 2 rings (SSSR count). The molecule has 0 radical (unpaired) electrons. The normalized spacial score (nSPS) is 33.7. The van der Waals surface area contributed by atoms with Crippen LogP contribution < -0.4 is 5.32 Å². The van der Waals surface area contributed by atoms with Crippen LogP contribution in [0.2, 0.25) is 0 Å². The first kappa shape index (κ1) is 12.3. The third-order valence-electron chi connectivity index (χ3n) is 3.06. The van der Waals surface area contributed by atoms with E-state index >= 15 is 0 Å². The maximum Gasteiger partial charge on any atom is 0.334 e. The lowest BCUT2D eigenvalue weighted by atomic mass is 10.1. The summed E-state index contributed by atoms with van der Waals surface area (Å²) in [7, 11) is 0. The average Bonchev–Trinajstić information content (AvgIpc) is 2.75. The van der Waals surface area contributed by atoms with Crippen LogP contribution in [0.25, 0.3) is 0 Å². The summed E-state index contributed by atoms with van der Waals surface area (Å²) >= 11 is 0. The van der Waals surface area contributed by atoms with Crippen LogP contribution in [-0.4, -0.2) is 71.5 Å². The SMILES string of the molecule is O=C(O)C1CN(C(=O)C2CC(O)CN2)CCO1. The molecule has 0 aromatic rings. The summed E-state index contributed by atoms with van der Waals surface area (Å²) in [5.74, 6) is -1.21. The highest BCUT2D eigenvalue weighted by Gasteiger charge is 2.35. The van der Waals surface area contributed by atoms with Crippen molar-refractivity contribution in [1.82, 2.24) is 10.2 Å². The summed E-state index contributed by atoms with van der Waals surface area (Å²) in [6, 6.07) is -0.405. The highest BCUT2D eigenvalue weighted by molar-refractivity contribution is 5.83. The molecule has 7 nitrogen and oxygen atoms in total. The number of β-amino-alcohol motifs (C(OH)–C–C–N with tert-alkyl or cyclic N) is 1. The van der Waals surface area contributed by atoms with Crippen molar-refractivity contribution in [1.29, 1.82) is 0 Å². The molecule has 0 bridgehead atoms. The number of aliphatic hydroxyl groups is 1. The van der Waals surface area contributed by atoms with E-state index in [2.05, 4.69) is 5.32 Å². The van der Waals surface area contributed by atoms with Crippen LogP contribution in [0.3, 0.4) is 0 Å². The molecule has 2 saturated heterocycles. The number of hydrogen-bond donors (Lipinski definition) is 3. The standard InChI is InChI=1S/C10H16N2O5/c13-6-3-7(11-4-6)9(14)12-1-2-17-8(5-12)10(15)16/h6-8,11,13H,1-5H2,(H,15,16). The Morgan fingerprint density at radius 3 is 2.76 bits per heavy atom. The monoisotopic (exact) mass is 244 g/mol. The second kappa shape index (κ2) is 4.99. The summed E-state index contributed by atoms with van der Waals surface area (Å²) in [6.45, 7) is 1.11. The van der Waals surface area contributed by atoms with Crippen LogP contribution in [0, 0.1) is 0 Å². The quantitative estimate of drug-likeness (QED) is 0.520. The molecular weight excluding hydrogens is 228 g/mol. The maximum absolute atomic E-state index is 12.0. The molecule has 3 N–H and O–H groups in total. The predicted molar refractivity (Wildman–Crippen MR) is 56.4 cm³/mol. The van der Waals surface area contributed by atoms with Crippen molar-refractivity contribution in [2.45, 2.75) is 24.7 Å². The molecule has 2 aliphatic heterocycles. The van der Waals surface area contributed by atoms with Crippen molar-refractivity contribution < 1.29 is 24.5 Å². The summed E-state index contributed by atoms with van der Waals surface area (Å²) in [4.78, 5) is 24.3. The lowest BCUT2D eigenvalue weighted by molar-refractivity contribution is -0.159. The Morgan fingerprint density at radius 2 is 2.18 bits per heavy atom. The van der Waals surface area contributed by atoms with Crippen LogP contribution in [0.15, 0.2) is 0 Å². The number of nitrogens with zero attached hydrogens (tertiary/aromatic N) is 1. The zero-order chi connectivity index (χ0) is 12.4. The Morgan fingerprint density at radius 1 is 1.41 bits per heavy atom. The molecule has 2 aliphatic rings. The highest BCUT2D eigenvalue weighted by atomic mass is 16.5. The summed E-state index contributed by atoms with van der Waals surface area (Å²) in [5, 5.41) is 21.1. The first-order valence-electron chi connectivity index (χ1n) is 5.62. The number of carboxylic acids is 1. The molecule has 3 unspecified atom stereocenters. The number of ether oxygens (including phenoxy) is 1. The van der Waals surface area contributed by atoms with E-state index in [1.807, 2.05) is 0 Å². The molecule has 3 atom stereocenters. The second-order valence-electron chi connectivity index (χ2n) is 4.33. The van der Waals surface area contributed by atoms with Crippen molar-refractivity contribution in [3.8, 4) is 0 Å². The van der Waals surface area contributed by atoms with E-state index in [9.17, 15) is 14.7 Å². The Hall–Kier alpha value is -1.18. The van der Waals surface area contributed by atoms with Gasteiger partial charge in [0.15, 0.2) is 6.10 Å². The zero-order valence-corrected chi connectivity index (χ0v) is 9.33. The fourth-order valence-electron chi connectivity index (χ4n) is 2.12. The van der Waals surface area contributed by atoms with Crippen LogP contribution in [0.5, 0.6) is 0 Å². The molecule has 2 heterocycles. The summed E-state index contributed by atoms with van der Waals surface area (Å²) in [6.07, 6.45) is -1.06. The minimum Gasteiger partial charge on any atom is -0.479 e. The number of hydrogen-bond acceptors (Lipinski definition) is 5. The molecule has 2 fully saturated rings. The molecule has 1 amide bonds. The molecule has 17 heavy (non-hydrogen) atoms. The van der Waals surface area contributed by atoms with Crippen molar-refractivity contribution in [2.75, 3.05) is 26.2 Å². The fourth-order valence-corrected chi connectivity index (χ4v) is 2.12. The number of carboxylic acid groups (broad SMARTS) is 1. The van der Waals surface area contributed by atoms with Gasteiger partial charge in [-0.05, 0) is 6.42 Å². The number of carbonyl (C=O) groups excluding carboxylic acids is 1. The summed E-state index contributed by atoms with van der Waals surface area (Å²) < 4.78 is 5.04. The van der Waals surface area contributed by atoms with Crippen molar-refractivity contribution in [2.24, 2.45) is 0 Å². The van der Waals surface area contributed by atoms with E-state index in [1.54, 1.807) is 0 Å².